The number of hydrogen-bond acceptors (Lipinski definition) is 9. The Labute approximate surface area is 207 Å². The zero-order valence-electron chi connectivity index (χ0n) is 18.5. The smallest absolute Gasteiger partial charge is 0.213 e. The van der Waals surface area contributed by atoms with Crippen LogP contribution in [0.5, 0.6) is 5.88 Å². The first-order valence-corrected chi connectivity index (χ1v) is 11.8. The van der Waals surface area contributed by atoms with Crippen molar-refractivity contribution in [3.8, 4) is 29.1 Å². The molecule has 0 aromatic carbocycles. The van der Waals surface area contributed by atoms with Crippen molar-refractivity contribution < 1.29 is 14.2 Å². The first-order chi connectivity index (χ1) is 16.4. The zero-order valence-corrected chi connectivity index (χ0v) is 19.3. The second kappa shape index (κ2) is 10.7. The molecule has 1 aliphatic heterocycles. The number of thioether (sulfide) groups is 1. The van der Waals surface area contributed by atoms with Gasteiger partial charge < -0.3 is 19.5 Å². The minimum absolute atomic E-state index is 0.0806. The van der Waals surface area contributed by atoms with Crippen molar-refractivity contribution in [2.24, 2.45) is 5.92 Å². The van der Waals surface area contributed by atoms with Crippen molar-refractivity contribution in [3.05, 3.63) is 29.5 Å². The second-order valence-electron chi connectivity index (χ2n) is 8.18. The lowest BCUT2D eigenvalue weighted by Crippen LogP contribution is -2.35. The van der Waals surface area contributed by atoms with E-state index in [1.807, 2.05) is 0 Å². The Kier molecular flexibility index (Phi) is 7.72. The Morgan fingerprint density at radius 2 is 1.91 bits per heavy atom. The Bertz CT molecular complexity index is 1110. The van der Waals surface area contributed by atoms with E-state index in [1.54, 1.807) is 18.3 Å². The highest BCUT2D eigenvalue weighted by molar-refractivity contribution is 7.99. The Balaban J connectivity index is 1.60. The molecule has 1 N–H and O–H groups in total. The summed E-state index contributed by atoms with van der Waals surface area (Å²) in [6.07, 6.45) is 3.63. The maximum absolute atomic E-state index is 10.0. The van der Waals surface area contributed by atoms with E-state index in [0.717, 1.165) is 18.6 Å². The summed E-state index contributed by atoms with van der Waals surface area (Å²) in [5, 5.41) is 22.2. The molecule has 8 nitrogen and oxygen atoms in total. The van der Waals surface area contributed by atoms with E-state index >= 15 is 0 Å². The third kappa shape index (κ3) is 6.27. The highest BCUT2D eigenvalue weighted by Crippen LogP contribution is 2.39. The highest BCUT2D eigenvalue weighted by Gasteiger charge is 2.28. The molecule has 1 aliphatic carbocycles. The van der Waals surface area contributed by atoms with Gasteiger partial charge in [-0.3, -0.25) is 0 Å². The van der Waals surface area contributed by atoms with Crippen LogP contribution >= 0.6 is 11.8 Å². The molecule has 6 radical (unpaired) electrons. The molecule has 12 heteroatoms. The summed E-state index contributed by atoms with van der Waals surface area (Å²) in [6, 6.07) is 8.21. The number of nitrogens with zero attached hydrogens (tertiary/aromatic N) is 4. The average molecular weight is 467 g/mol. The lowest BCUT2D eigenvalue weighted by atomic mass is 9.52. The number of anilines is 1. The van der Waals surface area contributed by atoms with Gasteiger partial charge in [0.25, 0.3) is 0 Å². The van der Waals surface area contributed by atoms with Gasteiger partial charge in [-0.2, -0.15) is 10.5 Å². The van der Waals surface area contributed by atoms with Crippen molar-refractivity contribution in [2.45, 2.75) is 29.2 Å². The fraction of sp³-hybridized carbons (Fsp3) is 0.455. The molecule has 2 aromatic heterocycles. The van der Waals surface area contributed by atoms with Crippen LogP contribution in [0.1, 0.15) is 24.0 Å². The largest absolute Gasteiger partial charge is 0.475 e. The SMILES string of the molecule is [B]C([B])([B])OCCOc1ccc(-c2c(C#N)c(NC3CC3)nc(SCC3COC3)c2C#N)cn1. The van der Waals surface area contributed by atoms with Crippen LogP contribution in [0.25, 0.3) is 11.1 Å². The van der Waals surface area contributed by atoms with Gasteiger partial charge in [0.1, 0.15) is 35.2 Å². The monoisotopic (exact) mass is 467 g/mol. The Morgan fingerprint density at radius 1 is 1.15 bits per heavy atom. The molecule has 0 atom stereocenters. The van der Waals surface area contributed by atoms with Crippen molar-refractivity contribution >= 4 is 41.1 Å². The maximum Gasteiger partial charge on any atom is 0.213 e. The number of nitriles is 2. The molecule has 0 spiro atoms. The first kappa shape index (κ1) is 24.5. The minimum atomic E-state index is -1.73. The maximum atomic E-state index is 10.0. The molecule has 0 bridgehead atoms. The fourth-order valence-corrected chi connectivity index (χ4v) is 4.28. The topological polar surface area (TPSA) is 113 Å². The van der Waals surface area contributed by atoms with Gasteiger partial charge in [-0.1, -0.05) is 0 Å². The average Bonchev–Trinajstić information content (AvgIpc) is 3.59. The molecule has 34 heavy (non-hydrogen) atoms. The van der Waals surface area contributed by atoms with Crippen molar-refractivity contribution in [2.75, 3.05) is 37.5 Å². The minimum Gasteiger partial charge on any atom is -0.475 e. The number of aromatic nitrogens is 2. The Morgan fingerprint density at radius 3 is 2.47 bits per heavy atom. The molecular weight excluding hydrogens is 447 g/mol. The van der Waals surface area contributed by atoms with Crippen LogP contribution in [-0.4, -0.2) is 77.0 Å². The number of hydrogen-bond donors (Lipinski definition) is 1. The molecule has 4 rings (SSSR count). The second-order valence-corrected chi connectivity index (χ2v) is 9.19. The molecule has 0 amide bonds. The van der Waals surface area contributed by atoms with Gasteiger partial charge in [0.15, 0.2) is 0 Å². The third-order valence-corrected chi connectivity index (χ3v) is 6.39. The van der Waals surface area contributed by atoms with Crippen LogP contribution in [0.2, 0.25) is 0 Å². The van der Waals surface area contributed by atoms with Crippen LogP contribution in [0.3, 0.4) is 0 Å². The first-order valence-electron chi connectivity index (χ1n) is 10.8. The summed E-state index contributed by atoms with van der Waals surface area (Å²) in [5.41, 5.74) is 1.82. The van der Waals surface area contributed by atoms with Gasteiger partial charge in [0.2, 0.25) is 5.88 Å². The quantitative estimate of drug-likeness (QED) is 0.300. The molecule has 2 aliphatic rings. The van der Waals surface area contributed by atoms with Gasteiger partial charge in [-0.05, 0) is 24.2 Å². The van der Waals surface area contributed by atoms with Crippen LogP contribution in [-0.2, 0) is 9.47 Å². The van der Waals surface area contributed by atoms with E-state index in [4.69, 9.17) is 37.7 Å². The molecular formula is C22H20B3N5O3S. The molecule has 0 unspecified atom stereocenters. The number of pyridine rings is 2. The summed E-state index contributed by atoms with van der Waals surface area (Å²) >= 11 is 1.51. The van der Waals surface area contributed by atoms with Crippen LogP contribution in [0, 0.1) is 28.6 Å². The van der Waals surface area contributed by atoms with Crippen LogP contribution in [0.4, 0.5) is 5.82 Å². The van der Waals surface area contributed by atoms with Crippen molar-refractivity contribution in [1.29, 1.82) is 10.5 Å². The number of ether oxygens (including phenoxy) is 3. The highest BCUT2D eigenvalue weighted by atomic mass is 32.2. The lowest BCUT2D eigenvalue weighted by molar-refractivity contribution is -0.0196. The van der Waals surface area contributed by atoms with E-state index < -0.39 is 5.30 Å². The van der Waals surface area contributed by atoms with Crippen LogP contribution in [0.15, 0.2) is 23.4 Å². The van der Waals surface area contributed by atoms with Crippen molar-refractivity contribution in [3.63, 3.8) is 0 Å². The normalized spacial score (nSPS) is 15.7. The zero-order chi connectivity index (χ0) is 24.1. The van der Waals surface area contributed by atoms with Gasteiger partial charge >= 0.3 is 0 Å². The molecule has 166 valence electrons. The van der Waals surface area contributed by atoms with Gasteiger partial charge in [-0.15, -0.1) is 11.8 Å². The standard InChI is InChI=1S/C22H20B3N5O3S/c23-22(24,25)33-6-5-32-18-4-1-14(9-28-18)19-16(7-26)20(29-15-2-3-15)30-21(17(19)8-27)34-12-13-10-31-11-13/h1,4,9,13,15H,2-3,5-6,10-12H2,(H,29,30). The fourth-order valence-electron chi connectivity index (χ4n) is 3.25. The summed E-state index contributed by atoms with van der Waals surface area (Å²) in [6.45, 7) is 1.65. The number of nitrogens with one attached hydrogen (secondary N) is 1. The summed E-state index contributed by atoms with van der Waals surface area (Å²) in [5.74, 6) is 2.06. The van der Waals surface area contributed by atoms with Gasteiger partial charge in [-0.25, -0.2) is 9.97 Å². The lowest BCUT2D eigenvalue weighted by Gasteiger charge is -2.25. The van der Waals surface area contributed by atoms with Gasteiger partial charge in [0, 0.05) is 41.1 Å². The summed E-state index contributed by atoms with van der Waals surface area (Å²) < 4.78 is 15.8. The van der Waals surface area contributed by atoms with Crippen LogP contribution < -0.4 is 10.1 Å². The molecule has 2 fully saturated rings. The molecule has 2 aromatic rings. The Hall–Kier alpha value is -2.66. The predicted octanol–water partition coefficient (Wildman–Crippen LogP) is 1.71. The molecule has 1 saturated carbocycles. The molecule has 3 heterocycles. The number of rotatable bonds is 11. The summed E-state index contributed by atoms with van der Waals surface area (Å²) in [4.78, 5) is 8.99. The van der Waals surface area contributed by atoms with E-state index in [0.29, 0.717) is 64.2 Å². The molecule has 1 saturated heterocycles. The van der Waals surface area contributed by atoms with E-state index in [9.17, 15) is 10.5 Å². The van der Waals surface area contributed by atoms with E-state index in [1.165, 1.54) is 11.8 Å². The van der Waals surface area contributed by atoms with Crippen molar-refractivity contribution in [1.82, 2.24) is 9.97 Å². The van der Waals surface area contributed by atoms with E-state index in [2.05, 4.69) is 27.4 Å². The van der Waals surface area contributed by atoms with E-state index in [-0.39, 0.29) is 13.2 Å². The summed E-state index contributed by atoms with van der Waals surface area (Å²) in [7, 11) is 16.1. The van der Waals surface area contributed by atoms with Gasteiger partial charge in [0.05, 0.1) is 48.9 Å². The third-order valence-electron chi connectivity index (χ3n) is 5.18. The predicted molar refractivity (Wildman–Crippen MR) is 130 cm³/mol.